The van der Waals surface area contributed by atoms with Gasteiger partial charge in [-0.1, -0.05) is 21.9 Å². The van der Waals surface area contributed by atoms with E-state index in [0.29, 0.717) is 17.9 Å². The Balaban J connectivity index is 1.78. The molecule has 0 amide bonds. The molecule has 2 atom stereocenters. The Morgan fingerprint density at radius 2 is 1.79 bits per heavy atom. The van der Waals surface area contributed by atoms with Crippen molar-refractivity contribution in [3.63, 3.8) is 0 Å². The molecule has 1 saturated heterocycles. The molecule has 1 unspecified atom stereocenters. The summed E-state index contributed by atoms with van der Waals surface area (Å²) in [6.07, 6.45) is 5.77. The zero-order valence-electron chi connectivity index (χ0n) is 24.9. The molecule has 1 fully saturated rings. The van der Waals surface area contributed by atoms with Crippen molar-refractivity contribution in [1.29, 1.82) is 0 Å². The molecule has 0 radical (unpaired) electrons. The Bertz CT molecular complexity index is 1500. The van der Waals surface area contributed by atoms with Crippen LogP contribution in [0.15, 0.2) is 64.1 Å². The number of fused-ring (bicyclic) bond motifs is 3. The van der Waals surface area contributed by atoms with Gasteiger partial charge in [-0.2, -0.15) is 16.8 Å². The van der Waals surface area contributed by atoms with Crippen LogP contribution in [0.25, 0.3) is 5.70 Å². The zero-order valence-corrected chi connectivity index (χ0v) is 26.5. The Labute approximate surface area is 253 Å². The van der Waals surface area contributed by atoms with Gasteiger partial charge in [0.25, 0.3) is 0 Å². The highest BCUT2D eigenvalue weighted by Gasteiger charge is 2.59. The summed E-state index contributed by atoms with van der Waals surface area (Å²) >= 11 is 1.59. The van der Waals surface area contributed by atoms with Crippen molar-refractivity contribution in [1.82, 2.24) is 5.32 Å². The number of quaternary nitrogens is 1. The molecule has 1 spiro atoms. The average molecular weight is 614 g/mol. The number of thioether (sulfide) groups is 1. The van der Waals surface area contributed by atoms with Gasteiger partial charge in [-0.3, -0.25) is 0 Å². The van der Waals surface area contributed by atoms with E-state index in [2.05, 4.69) is 19.2 Å². The van der Waals surface area contributed by atoms with Crippen LogP contribution >= 0.6 is 11.8 Å². The van der Waals surface area contributed by atoms with E-state index in [0.717, 1.165) is 48.5 Å². The van der Waals surface area contributed by atoms with Crippen molar-refractivity contribution in [3.05, 3.63) is 59.7 Å². The molecule has 9 nitrogen and oxygen atoms in total. The smallest absolute Gasteiger partial charge is 0.332 e. The van der Waals surface area contributed by atoms with E-state index >= 15 is 0 Å². The van der Waals surface area contributed by atoms with Gasteiger partial charge in [-0.25, -0.2) is 13.2 Å². The Hall–Kier alpha value is -2.86. The molecule has 5 rings (SSSR count). The number of piperidine rings is 1. The van der Waals surface area contributed by atoms with Crippen LogP contribution in [0.4, 0.5) is 5.69 Å². The molecule has 0 bridgehead atoms. The third-order valence-electron chi connectivity index (χ3n) is 8.57. The van der Waals surface area contributed by atoms with E-state index < -0.39 is 32.7 Å². The second-order valence-corrected chi connectivity index (χ2v) is 15.2. The van der Waals surface area contributed by atoms with Crippen LogP contribution in [0.3, 0.4) is 0 Å². The van der Waals surface area contributed by atoms with Crippen LogP contribution in [0, 0.1) is 0 Å². The van der Waals surface area contributed by atoms with Crippen molar-refractivity contribution in [2.75, 3.05) is 30.1 Å². The zero-order chi connectivity index (χ0) is 30.3. The number of carboxylic acid groups (broad SMARTS) is 1. The van der Waals surface area contributed by atoms with Crippen LogP contribution in [-0.2, 0) is 14.6 Å². The van der Waals surface area contributed by atoms with Gasteiger partial charge in [-0.15, -0.1) is 0 Å². The maximum Gasteiger partial charge on any atom is 0.332 e. The van der Waals surface area contributed by atoms with E-state index in [9.17, 15) is 18.3 Å². The highest BCUT2D eigenvalue weighted by molar-refractivity contribution is 7.98. The number of para-hydroxylation sites is 1. The van der Waals surface area contributed by atoms with E-state index in [-0.39, 0.29) is 15.6 Å². The molecule has 2 N–H and O–H groups in total. The second-order valence-electron chi connectivity index (χ2n) is 11.7. The van der Waals surface area contributed by atoms with Crippen LogP contribution in [-0.4, -0.2) is 78.4 Å². The minimum Gasteiger partial charge on any atom is -0.481 e. The van der Waals surface area contributed by atoms with Crippen LogP contribution in [0.2, 0.25) is 0 Å². The van der Waals surface area contributed by atoms with E-state index in [4.69, 9.17) is 9.84 Å². The monoisotopic (exact) mass is 613 g/mol. The lowest BCUT2D eigenvalue weighted by atomic mass is 9.80. The molecule has 42 heavy (non-hydrogen) atoms. The van der Waals surface area contributed by atoms with Gasteiger partial charge >= 0.3 is 5.97 Å². The fourth-order valence-corrected chi connectivity index (χ4v) is 7.85. The van der Waals surface area contributed by atoms with Crippen molar-refractivity contribution in [2.45, 2.75) is 74.8 Å². The molecule has 2 aromatic rings. The van der Waals surface area contributed by atoms with Crippen LogP contribution in [0.1, 0.15) is 52.5 Å². The van der Waals surface area contributed by atoms with Gasteiger partial charge < -0.3 is 15.2 Å². The summed E-state index contributed by atoms with van der Waals surface area (Å²) in [5.74, 6) is 0.444. The van der Waals surface area contributed by atoms with E-state index in [1.165, 1.54) is 0 Å². The minimum atomic E-state index is -3.50. The molecule has 3 heterocycles. The number of aliphatic carboxylic acids is 1. The molecular formula is C31H41N4O5S2+. The second kappa shape index (κ2) is 11.7. The number of hydrogen-bond acceptors (Lipinski definition) is 8. The summed E-state index contributed by atoms with van der Waals surface area (Å²) in [5.41, 5.74) is 2.80. The summed E-state index contributed by atoms with van der Waals surface area (Å²) in [4.78, 5) is 13.3. The maximum atomic E-state index is 13.1. The number of ether oxygens (including phenoxy) is 1. The molecule has 0 saturated carbocycles. The summed E-state index contributed by atoms with van der Waals surface area (Å²) < 4.78 is 32.6. The molecule has 0 aliphatic carbocycles. The van der Waals surface area contributed by atoms with Crippen LogP contribution in [0.5, 0.6) is 5.75 Å². The Morgan fingerprint density at radius 1 is 1.12 bits per heavy atom. The van der Waals surface area contributed by atoms with Gasteiger partial charge in [0.05, 0.1) is 33.2 Å². The molecule has 226 valence electrons. The lowest BCUT2D eigenvalue weighted by Gasteiger charge is -2.48. The highest BCUT2D eigenvalue weighted by atomic mass is 32.2. The highest BCUT2D eigenvalue weighted by Crippen LogP contribution is 2.53. The van der Waals surface area contributed by atoms with Crippen LogP contribution < -0.4 is 15.1 Å². The first-order valence-electron chi connectivity index (χ1n) is 14.5. The van der Waals surface area contributed by atoms with Gasteiger partial charge in [0.15, 0.2) is 15.9 Å². The van der Waals surface area contributed by atoms with Gasteiger partial charge in [0.2, 0.25) is 5.70 Å². The third-order valence-corrected chi connectivity index (χ3v) is 11.4. The molecule has 3 aliphatic rings. The average Bonchev–Trinajstić information content (AvgIpc) is 3.38. The van der Waals surface area contributed by atoms with Gasteiger partial charge in [-0.05, 0) is 95.6 Å². The Kier molecular flexibility index (Phi) is 8.50. The molecule has 3 aliphatic heterocycles. The number of hydrogen-bond donors (Lipinski definition) is 2. The first-order valence-corrected chi connectivity index (χ1v) is 17.5. The molecule has 0 aromatic heterocycles. The molecule has 2 aromatic carbocycles. The van der Waals surface area contributed by atoms with Gasteiger partial charge in [0.1, 0.15) is 17.4 Å². The largest absolute Gasteiger partial charge is 0.481 e. The number of anilines is 1. The fraction of sp³-hybridized carbons (Fsp3) is 0.484. The number of nitrogens with one attached hydrogen (secondary N) is 1. The van der Waals surface area contributed by atoms with Crippen molar-refractivity contribution in [2.24, 2.45) is 5.10 Å². The maximum absolute atomic E-state index is 13.1. The standard InChI is InChI=1S/C31H40N4O5S2/c1-21(2)35(29-25-8-6-7-9-28(25)40-31(26(29)20-33-35)15-17-32-18-16-31)34(27(30(36)37)14-19-41-5)23-10-12-24(13-11-23)42(38,39)22(3)4/h6-13,20-22,27,32H,14-19H2,1-5H3/p+1/t27-,35?/m0/s1. The number of benzene rings is 2. The van der Waals surface area contributed by atoms with E-state index in [1.54, 1.807) is 49.9 Å². The molecule has 11 heteroatoms. The lowest BCUT2D eigenvalue weighted by Crippen LogP contribution is -2.64. The quantitative estimate of drug-likeness (QED) is 0.363. The number of rotatable bonds is 10. The minimum absolute atomic E-state index is 0.0908. The third kappa shape index (κ3) is 4.94. The summed E-state index contributed by atoms with van der Waals surface area (Å²) in [5, 5.41) is 20.7. The number of sulfone groups is 1. The predicted octanol–water partition coefficient (Wildman–Crippen LogP) is 4.95. The normalized spacial score (nSPS) is 21.8. The van der Waals surface area contributed by atoms with Crippen molar-refractivity contribution in [3.8, 4) is 5.75 Å². The summed E-state index contributed by atoms with van der Waals surface area (Å²) in [7, 11) is -3.50. The SMILES string of the molecule is CSCC[C@@H](C(=O)O)N(c1ccc(S(=O)(=O)C(C)C)cc1)[N+]1(C(C)C)N=CC2=C1c1ccccc1OC21CCNCC1. The fourth-order valence-electron chi connectivity index (χ4n) is 6.33. The van der Waals surface area contributed by atoms with Crippen molar-refractivity contribution >= 4 is 45.2 Å². The first-order chi connectivity index (χ1) is 20.0. The summed E-state index contributed by atoms with van der Waals surface area (Å²) in [6, 6.07) is 13.4. The van der Waals surface area contributed by atoms with Gasteiger partial charge in [0, 0.05) is 12.8 Å². The topological polar surface area (TPSA) is 108 Å². The van der Waals surface area contributed by atoms with E-state index in [1.807, 2.05) is 41.7 Å². The predicted molar refractivity (Wildman–Crippen MR) is 168 cm³/mol. The Morgan fingerprint density at radius 3 is 2.38 bits per heavy atom. The lowest BCUT2D eigenvalue weighted by molar-refractivity contribution is -0.896. The number of carbonyl (C=O) groups is 1. The number of carboxylic acids is 1. The van der Waals surface area contributed by atoms with Crippen molar-refractivity contribution < 1.29 is 27.8 Å². The first kappa shape index (κ1) is 30.6. The summed E-state index contributed by atoms with van der Waals surface area (Å²) in [6.45, 7) is 9.02. The molecular weight excluding hydrogens is 572 g/mol. The number of nitrogens with zero attached hydrogens (tertiary/aromatic N) is 3.